The molecule has 0 radical (unpaired) electrons. The Hall–Kier alpha value is -2.93. The molecule has 2 aromatic heterocycles. The van der Waals surface area contributed by atoms with Gasteiger partial charge >= 0.3 is 0 Å². The third-order valence-electron chi connectivity index (χ3n) is 4.61. The molecular weight excluding hydrogens is 360 g/mol. The molecule has 1 aromatic carbocycles. The summed E-state index contributed by atoms with van der Waals surface area (Å²) in [6.07, 6.45) is 1.73. The Morgan fingerprint density at radius 2 is 1.85 bits per heavy atom. The summed E-state index contributed by atoms with van der Waals surface area (Å²) in [5, 5.41) is 2.60. The number of ether oxygens (including phenoxy) is 1. The highest BCUT2D eigenvalue weighted by atomic mass is 32.1. The minimum Gasteiger partial charge on any atom is -0.497 e. The standard InChI is InChI=1S/C20H20N4O2S/c1-26-16-7-5-15(6-8-16)23-10-12-24(13-11-23)20(25)18-14-27-19(22-18)17-4-2-3-9-21-17/h2-9,14H,10-13H2,1H3. The van der Waals surface area contributed by atoms with Crippen LogP contribution in [0.2, 0.25) is 0 Å². The molecule has 3 heterocycles. The molecule has 0 atom stereocenters. The van der Waals surface area contributed by atoms with Crippen molar-refractivity contribution in [2.24, 2.45) is 0 Å². The third kappa shape index (κ3) is 3.78. The fraction of sp³-hybridized carbons (Fsp3) is 0.250. The van der Waals surface area contributed by atoms with Crippen molar-refractivity contribution in [1.82, 2.24) is 14.9 Å². The minimum absolute atomic E-state index is 0.0113. The second-order valence-electron chi connectivity index (χ2n) is 6.23. The highest BCUT2D eigenvalue weighted by molar-refractivity contribution is 7.13. The predicted octanol–water partition coefficient (Wildman–Crippen LogP) is 3.18. The molecule has 0 spiro atoms. The zero-order valence-electron chi connectivity index (χ0n) is 15.0. The van der Waals surface area contributed by atoms with Crippen molar-refractivity contribution < 1.29 is 9.53 Å². The van der Waals surface area contributed by atoms with E-state index in [1.54, 1.807) is 13.3 Å². The Bertz CT molecular complexity index is 903. The van der Waals surface area contributed by atoms with Gasteiger partial charge in [0.05, 0.1) is 12.8 Å². The highest BCUT2D eigenvalue weighted by Crippen LogP contribution is 2.24. The number of piperazine rings is 1. The van der Waals surface area contributed by atoms with Gasteiger partial charge in [-0.15, -0.1) is 11.3 Å². The number of carbonyl (C=O) groups excluding carboxylic acids is 1. The van der Waals surface area contributed by atoms with Gasteiger partial charge in [-0.25, -0.2) is 4.98 Å². The molecule has 0 bridgehead atoms. The van der Waals surface area contributed by atoms with Crippen LogP contribution >= 0.6 is 11.3 Å². The van der Waals surface area contributed by atoms with Crippen molar-refractivity contribution in [2.75, 3.05) is 38.2 Å². The summed E-state index contributed by atoms with van der Waals surface area (Å²) >= 11 is 1.45. The SMILES string of the molecule is COc1ccc(N2CCN(C(=O)c3csc(-c4ccccn4)n3)CC2)cc1. The van der Waals surface area contributed by atoms with Crippen LogP contribution < -0.4 is 9.64 Å². The summed E-state index contributed by atoms with van der Waals surface area (Å²) in [7, 11) is 1.66. The van der Waals surface area contributed by atoms with Crippen molar-refractivity contribution in [3.8, 4) is 16.5 Å². The van der Waals surface area contributed by atoms with Gasteiger partial charge in [-0.3, -0.25) is 9.78 Å². The van der Waals surface area contributed by atoms with Gasteiger partial charge in [-0.2, -0.15) is 0 Å². The average Bonchev–Trinajstić information content (AvgIpc) is 3.24. The van der Waals surface area contributed by atoms with E-state index in [1.807, 2.05) is 40.6 Å². The van der Waals surface area contributed by atoms with E-state index in [4.69, 9.17) is 4.74 Å². The first kappa shape index (κ1) is 17.5. The number of nitrogens with zero attached hydrogens (tertiary/aromatic N) is 4. The Morgan fingerprint density at radius 3 is 2.52 bits per heavy atom. The van der Waals surface area contributed by atoms with E-state index >= 15 is 0 Å². The van der Waals surface area contributed by atoms with Gasteiger partial charge in [0.25, 0.3) is 5.91 Å². The molecule has 138 valence electrons. The molecule has 7 heteroatoms. The molecule has 3 aromatic rings. The molecule has 1 amide bonds. The Balaban J connectivity index is 1.39. The summed E-state index contributed by atoms with van der Waals surface area (Å²) in [6.45, 7) is 2.97. The van der Waals surface area contributed by atoms with Crippen molar-refractivity contribution >= 4 is 22.9 Å². The molecule has 6 nitrogen and oxygen atoms in total. The molecule has 1 fully saturated rings. The second-order valence-corrected chi connectivity index (χ2v) is 7.09. The lowest BCUT2D eigenvalue weighted by molar-refractivity contribution is 0.0742. The molecule has 1 aliphatic rings. The topological polar surface area (TPSA) is 58.6 Å². The summed E-state index contributed by atoms with van der Waals surface area (Å²) in [4.78, 5) is 25.7. The number of methoxy groups -OCH3 is 1. The lowest BCUT2D eigenvalue weighted by Gasteiger charge is -2.35. The zero-order valence-corrected chi connectivity index (χ0v) is 15.9. The number of thiazole rings is 1. The molecule has 1 aliphatic heterocycles. The summed E-state index contributed by atoms with van der Waals surface area (Å²) < 4.78 is 5.21. The highest BCUT2D eigenvalue weighted by Gasteiger charge is 2.24. The van der Waals surface area contributed by atoms with Crippen LogP contribution in [0, 0.1) is 0 Å². The molecule has 4 rings (SSSR count). The maximum Gasteiger partial charge on any atom is 0.273 e. The van der Waals surface area contributed by atoms with E-state index in [2.05, 4.69) is 27.0 Å². The van der Waals surface area contributed by atoms with Gasteiger partial charge < -0.3 is 14.5 Å². The van der Waals surface area contributed by atoms with Crippen LogP contribution in [0.5, 0.6) is 5.75 Å². The van der Waals surface area contributed by atoms with E-state index in [0.29, 0.717) is 18.8 Å². The Kier molecular flexibility index (Phi) is 5.02. The molecule has 27 heavy (non-hydrogen) atoms. The van der Waals surface area contributed by atoms with Crippen LogP contribution in [-0.2, 0) is 0 Å². The van der Waals surface area contributed by atoms with Crippen LogP contribution in [-0.4, -0.2) is 54.1 Å². The van der Waals surface area contributed by atoms with Crippen LogP contribution in [0.4, 0.5) is 5.69 Å². The zero-order chi connectivity index (χ0) is 18.6. The van der Waals surface area contributed by atoms with Crippen molar-refractivity contribution in [2.45, 2.75) is 0 Å². The number of pyridine rings is 1. The average molecular weight is 380 g/mol. The first-order valence-electron chi connectivity index (χ1n) is 8.80. The number of benzene rings is 1. The fourth-order valence-electron chi connectivity index (χ4n) is 3.10. The van der Waals surface area contributed by atoms with E-state index < -0.39 is 0 Å². The predicted molar refractivity (Wildman–Crippen MR) is 106 cm³/mol. The van der Waals surface area contributed by atoms with Gasteiger partial charge in [-0.05, 0) is 36.4 Å². The smallest absolute Gasteiger partial charge is 0.273 e. The third-order valence-corrected chi connectivity index (χ3v) is 5.48. The van der Waals surface area contributed by atoms with Crippen LogP contribution in [0.1, 0.15) is 10.5 Å². The minimum atomic E-state index is -0.0113. The van der Waals surface area contributed by atoms with Crippen LogP contribution in [0.3, 0.4) is 0 Å². The first-order valence-corrected chi connectivity index (χ1v) is 9.68. The summed E-state index contributed by atoms with van der Waals surface area (Å²) in [6, 6.07) is 13.7. The number of anilines is 1. The Morgan fingerprint density at radius 1 is 1.07 bits per heavy atom. The van der Waals surface area contributed by atoms with Crippen molar-refractivity contribution in [3.05, 3.63) is 59.7 Å². The molecule has 0 saturated carbocycles. The van der Waals surface area contributed by atoms with Gasteiger partial charge in [0.15, 0.2) is 0 Å². The quantitative estimate of drug-likeness (QED) is 0.696. The lowest BCUT2D eigenvalue weighted by Crippen LogP contribution is -2.48. The number of hydrogen-bond acceptors (Lipinski definition) is 6. The number of hydrogen-bond donors (Lipinski definition) is 0. The maximum atomic E-state index is 12.8. The number of aromatic nitrogens is 2. The van der Waals surface area contributed by atoms with E-state index in [9.17, 15) is 4.79 Å². The molecular formula is C20H20N4O2S. The van der Waals surface area contributed by atoms with Crippen LogP contribution in [0.25, 0.3) is 10.7 Å². The summed E-state index contributed by atoms with van der Waals surface area (Å²) in [5.74, 6) is 0.836. The maximum absolute atomic E-state index is 12.8. The molecule has 1 saturated heterocycles. The van der Waals surface area contributed by atoms with Gasteiger partial charge in [0.1, 0.15) is 16.5 Å². The largest absolute Gasteiger partial charge is 0.497 e. The van der Waals surface area contributed by atoms with Gasteiger partial charge in [0.2, 0.25) is 0 Å². The van der Waals surface area contributed by atoms with E-state index in [-0.39, 0.29) is 5.91 Å². The fourth-order valence-corrected chi connectivity index (χ4v) is 3.87. The number of amides is 1. The monoisotopic (exact) mass is 380 g/mol. The van der Waals surface area contributed by atoms with Crippen LogP contribution in [0.15, 0.2) is 54.0 Å². The van der Waals surface area contributed by atoms with Gasteiger partial charge in [0, 0.05) is 43.4 Å². The second kappa shape index (κ2) is 7.75. The van der Waals surface area contributed by atoms with E-state index in [0.717, 1.165) is 35.2 Å². The first-order chi connectivity index (χ1) is 13.2. The normalized spacial score (nSPS) is 14.3. The van der Waals surface area contributed by atoms with Crippen molar-refractivity contribution in [3.63, 3.8) is 0 Å². The van der Waals surface area contributed by atoms with Crippen molar-refractivity contribution in [1.29, 1.82) is 0 Å². The molecule has 0 unspecified atom stereocenters. The number of rotatable bonds is 4. The van der Waals surface area contributed by atoms with Gasteiger partial charge in [-0.1, -0.05) is 6.07 Å². The Labute approximate surface area is 162 Å². The van der Waals surface area contributed by atoms with E-state index in [1.165, 1.54) is 11.3 Å². The molecule has 0 aliphatic carbocycles. The lowest BCUT2D eigenvalue weighted by atomic mass is 10.2. The number of carbonyl (C=O) groups is 1. The summed E-state index contributed by atoms with van der Waals surface area (Å²) in [5.41, 5.74) is 2.44. The molecule has 0 N–H and O–H groups in total.